The van der Waals surface area contributed by atoms with Crippen LogP contribution < -0.4 is 5.32 Å². The van der Waals surface area contributed by atoms with Gasteiger partial charge in [-0.3, -0.25) is 4.98 Å². The second-order valence-electron chi connectivity index (χ2n) is 7.29. The number of hydrogen-bond acceptors (Lipinski definition) is 4. The second-order valence-corrected chi connectivity index (χ2v) is 7.73. The van der Waals surface area contributed by atoms with Gasteiger partial charge in [-0.2, -0.15) is 0 Å². The standard InChI is InChI=1S/C18H28ClN3O2/c1-18(2,3)24-17(23)21-15(16-13-14(19)7-9-20-16)8-12-22-10-5-4-6-11-22/h7,9,13,15H,4-6,8,10-12H2,1-3H3,(H,21,23). The van der Waals surface area contributed by atoms with Crippen molar-refractivity contribution in [2.75, 3.05) is 19.6 Å². The van der Waals surface area contributed by atoms with Crippen molar-refractivity contribution in [1.29, 1.82) is 0 Å². The third-order valence-electron chi connectivity index (χ3n) is 3.97. The van der Waals surface area contributed by atoms with Crippen LogP contribution in [-0.4, -0.2) is 41.2 Å². The van der Waals surface area contributed by atoms with Crippen molar-refractivity contribution in [3.05, 3.63) is 29.0 Å². The fourth-order valence-corrected chi connectivity index (χ4v) is 3.02. The number of rotatable bonds is 5. The lowest BCUT2D eigenvalue weighted by Crippen LogP contribution is -2.38. The van der Waals surface area contributed by atoms with E-state index in [0.717, 1.165) is 31.7 Å². The van der Waals surface area contributed by atoms with Gasteiger partial charge in [0, 0.05) is 17.8 Å². The Bertz CT molecular complexity index is 539. The second kappa shape index (κ2) is 8.67. The maximum Gasteiger partial charge on any atom is 0.408 e. The summed E-state index contributed by atoms with van der Waals surface area (Å²) in [6.07, 6.45) is 5.84. The number of nitrogens with zero attached hydrogens (tertiary/aromatic N) is 2. The molecule has 0 bridgehead atoms. The quantitative estimate of drug-likeness (QED) is 0.862. The van der Waals surface area contributed by atoms with Crippen molar-refractivity contribution in [2.24, 2.45) is 0 Å². The van der Waals surface area contributed by atoms with Gasteiger partial charge < -0.3 is 15.0 Å². The van der Waals surface area contributed by atoms with Crippen LogP contribution in [0.25, 0.3) is 0 Å². The fourth-order valence-electron chi connectivity index (χ4n) is 2.85. The number of carbonyl (C=O) groups is 1. The van der Waals surface area contributed by atoms with E-state index < -0.39 is 11.7 Å². The highest BCUT2D eigenvalue weighted by Gasteiger charge is 2.22. The molecule has 0 radical (unpaired) electrons. The lowest BCUT2D eigenvalue weighted by molar-refractivity contribution is 0.0495. The monoisotopic (exact) mass is 353 g/mol. The van der Waals surface area contributed by atoms with Crippen molar-refractivity contribution < 1.29 is 9.53 Å². The minimum atomic E-state index is -0.525. The molecule has 0 aliphatic carbocycles. The number of nitrogens with one attached hydrogen (secondary N) is 1. The zero-order valence-corrected chi connectivity index (χ0v) is 15.6. The number of halogens is 1. The summed E-state index contributed by atoms with van der Waals surface area (Å²) >= 11 is 6.09. The lowest BCUT2D eigenvalue weighted by atomic mass is 10.1. The van der Waals surface area contributed by atoms with Crippen LogP contribution >= 0.6 is 11.6 Å². The van der Waals surface area contributed by atoms with Crippen LogP contribution in [0.1, 0.15) is 58.2 Å². The van der Waals surface area contributed by atoms with E-state index >= 15 is 0 Å². The van der Waals surface area contributed by atoms with E-state index in [-0.39, 0.29) is 6.04 Å². The average Bonchev–Trinajstić information content (AvgIpc) is 2.50. The van der Waals surface area contributed by atoms with Gasteiger partial charge in [0.25, 0.3) is 0 Å². The van der Waals surface area contributed by atoms with Gasteiger partial charge >= 0.3 is 6.09 Å². The Labute approximate surface area is 149 Å². The molecule has 0 aromatic carbocycles. The summed E-state index contributed by atoms with van der Waals surface area (Å²) < 4.78 is 5.39. The third-order valence-corrected chi connectivity index (χ3v) is 4.21. The minimum absolute atomic E-state index is 0.208. The van der Waals surface area contributed by atoms with Crippen LogP contribution in [-0.2, 0) is 4.74 Å². The van der Waals surface area contributed by atoms with E-state index in [2.05, 4.69) is 15.2 Å². The first-order valence-electron chi connectivity index (χ1n) is 8.67. The molecule has 1 saturated heterocycles. The van der Waals surface area contributed by atoms with Crippen LogP contribution in [0.4, 0.5) is 4.79 Å². The molecule has 2 rings (SSSR count). The molecule has 1 unspecified atom stereocenters. The number of ether oxygens (including phenoxy) is 1. The molecule has 1 aromatic rings. The molecular weight excluding hydrogens is 326 g/mol. The minimum Gasteiger partial charge on any atom is -0.444 e. The molecule has 1 fully saturated rings. The Balaban J connectivity index is 2.01. The van der Waals surface area contributed by atoms with Crippen molar-refractivity contribution in [3.8, 4) is 0 Å². The maximum atomic E-state index is 12.2. The van der Waals surface area contributed by atoms with Gasteiger partial charge in [-0.05, 0) is 65.3 Å². The summed E-state index contributed by atoms with van der Waals surface area (Å²) in [7, 11) is 0. The predicted molar refractivity (Wildman–Crippen MR) is 96.3 cm³/mol. The van der Waals surface area contributed by atoms with Gasteiger partial charge in [-0.1, -0.05) is 18.0 Å². The first-order valence-corrected chi connectivity index (χ1v) is 9.04. The number of amides is 1. The molecule has 5 nitrogen and oxygen atoms in total. The van der Waals surface area contributed by atoms with Gasteiger partial charge in [0.15, 0.2) is 0 Å². The van der Waals surface area contributed by atoms with Gasteiger partial charge in [0.2, 0.25) is 0 Å². The third kappa shape index (κ3) is 6.65. The average molecular weight is 354 g/mol. The zero-order valence-electron chi connectivity index (χ0n) is 14.8. The predicted octanol–water partition coefficient (Wildman–Crippen LogP) is 4.18. The number of piperidine rings is 1. The van der Waals surface area contributed by atoms with Crippen LogP contribution in [0.2, 0.25) is 5.02 Å². The smallest absolute Gasteiger partial charge is 0.408 e. The Morgan fingerprint density at radius 1 is 1.38 bits per heavy atom. The molecule has 6 heteroatoms. The molecule has 0 spiro atoms. The molecule has 24 heavy (non-hydrogen) atoms. The maximum absolute atomic E-state index is 12.2. The van der Waals surface area contributed by atoms with Crippen molar-refractivity contribution in [2.45, 2.75) is 58.1 Å². The molecule has 2 heterocycles. The number of carbonyl (C=O) groups excluding carboxylic acids is 1. The Hall–Kier alpha value is -1.33. The van der Waals surface area contributed by atoms with Gasteiger partial charge in [0.1, 0.15) is 5.60 Å². The van der Waals surface area contributed by atoms with Crippen molar-refractivity contribution >= 4 is 17.7 Å². The number of pyridine rings is 1. The largest absolute Gasteiger partial charge is 0.444 e. The summed E-state index contributed by atoms with van der Waals surface area (Å²) in [6.45, 7) is 8.74. The molecule has 1 atom stereocenters. The molecule has 134 valence electrons. The van der Waals surface area contributed by atoms with Gasteiger partial charge in [-0.25, -0.2) is 4.79 Å². The van der Waals surface area contributed by atoms with E-state index in [1.54, 1.807) is 18.3 Å². The highest BCUT2D eigenvalue weighted by molar-refractivity contribution is 6.30. The number of likely N-dealkylation sites (tertiary alicyclic amines) is 1. The van der Waals surface area contributed by atoms with Crippen LogP contribution in [0, 0.1) is 0 Å². The summed E-state index contributed by atoms with van der Waals surface area (Å²) in [5.74, 6) is 0. The highest BCUT2D eigenvalue weighted by atomic mass is 35.5. The SMILES string of the molecule is CC(C)(C)OC(=O)NC(CCN1CCCCC1)c1cc(Cl)ccn1. The van der Waals surface area contributed by atoms with E-state index in [1.807, 2.05) is 20.8 Å². The van der Waals surface area contributed by atoms with E-state index in [1.165, 1.54) is 19.3 Å². The number of aromatic nitrogens is 1. The first-order chi connectivity index (χ1) is 11.3. The number of alkyl carbamates (subject to hydrolysis) is 1. The number of hydrogen-bond donors (Lipinski definition) is 1. The fraction of sp³-hybridized carbons (Fsp3) is 0.667. The van der Waals surface area contributed by atoms with E-state index in [9.17, 15) is 4.79 Å². The highest BCUT2D eigenvalue weighted by Crippen LogP contribution is 2.21. The summed E-state index contributed by atoms with van der Waals surface area (Å²) in [5, 5.41) is 3.57. The van der Waals surface area contributed by atoms with Crippen LogP contribution in [0.3, 0.4) is 0 Å². The summed E-state index contributed by atoms with van der Waals surface area (Å²) in [5.41, 5.74) is 0.244. The Morgan fingerprint density at radius 2 is 2.08 bits per heavy atom. The van der Waals surface area contributed by atoms with Crippen molar-refractivity contribution in [1.82, 2.24) is 15.2 Å². The van der Waals surface area contributed by atoms with Crippen molar-refractivity contribution in [3.63, 3.8) is 0 Å². The molecule has 1 aliphatic rings. The summed E-state index contributed by atoms with van der Waals surface area (Å²) in [4.78, 5) is 19.0. The van der Waals surface area contributed by atoms with Crippen LogP contribution in [0.5, 0.6) is 0 Å². The van der Waals surface area contributed by atoms with E-state index in [4.69, 9.17) is 16.3 Å². The lowest BCUT2D eigenvalue weighted by Gasteiger charge is -2.29. The van der Waals surface area contributed by atoms with E-state index in [0.29, 0.717) is 5.02 Å². The Kier molecular flexibility index (Phi) is 6.87. The van der Waals surface area contributed by atoms with Gasteiger partial charge in [-0.15, -0.1) is 0 Å². The topological polar surface area (TPSA) is 54.5 Å². The van der Waals surface area contributed by atoms with Crippen LogP contribution in [0.15, 0.2) is 18.3 Å². The molecule has 0 saturated carbocycles. The molecule has 1 aromatic heterocycles. The normalized spacial score (nSPS) is 17.3. The van der Waals surface area contributed by atoms with Gasteiger partial charge in [0.05, 0.1) is 11.7 Å². The zero-order chi connectivity index (χ0) is 17.6. The molecular formula is C18H28ClN3O2. The molecule has 1 aliphatic heterocycles. The molecule has 1 amide bonds. The summed E-state index contributed by atoms with van der Waals surface area (Å²) in [6, 6.07) is 3.33. The molecule has 1 N–H and O–H groups in total. The first kappa shape index (κ1) is 19.0. The Morgan fingerprint density at radius 3 is 2.71 bits per heavy atom.